The van der Waals surface area contributed by atoms with Gasteiger partial charge < -0.3 is 14.7 Å². The highest BCUT2D eigenvalue weighted by atomic mass is 19.3. The fraction of sp³-hybridized carbons (Fsp3) is 0.320. The molecule has 2 aliphatic heterocycles. The second-order valence-electron chi connectivity index (χ2n) is 8.42. The van der Waals surface area contributed by atoms with E-state index < -0.39 is 6.43 Å². The van der Waals surface area contributed by atoms with Crippen molar-refractivity contribution in [1.29, 1.82) is 0 Å². The Bertz CT molecular complexity index is 1200. The molecule has 32 heavy (non-hydrogen) atoms. The van der Waals surface area contributed by atoms with Crippen molar-refractivity contribution in [2.24, 2.45) is 7.05 Å². The zero-order valence-corrected chi connectivity index (χ0v) is 18.6. The van der Waals surface area contributed by atoms with Gasteiger partial charge in [-0.05, 0) is 61.2 Å². The first-order chi connectivity index (χ1) is 15.4. The molecule has 3 aromatic rings. The molecule has 0 saturated heterocycles. The lowest BCUT2D eigenvalue weighted by atomic mass is 9.92. The molecule has 0 spiro atoms. The fourth-order valence-electron chi connectivity index (χ4n) is 4.90. The van der Waals surface area contributed by atoms with Crippen LogP contribution in [0.2, 0.25) is 0 Å². The van der Waals surface area contributed by atoms with E-state index in [1.165, 1.54) is 0 Å². The van der Waals surface area contributed by atoms with Crippen molar-refractivity contribution < 1.29 is 8.78 Å². The second kappa shape index (κ2) is 7.65. The van der Waals surface area contributed by atoms with Gasteiger partial charge in [0.05, 0.1) is 17.6 Å². The molecule has 0 fully saturated rings. The van der Waals surface area contributed by atoms with E-state index in [1.54, 1.807) is 30.2 Å². The van der Waals surface area contributed by atoms with Crippen molar-refractivity contribution in [2.75, 3.05) is 34.8 Å². The molecule has 0 amide bonds. The van der Waals surface area contributed by atoms with Gasteiger partial charge in [-0.15, -0.1) is 0 Å². The van der Waals surface area contributed by atoms with E-state index in [-0.39, 0.29) is 5.56 Å². The molecule has 166 valence electrons. The molecule has 5 rings (SSSR count). The average molecular weight is 436 g/mol. The number of rotatable bonds is 4. The predicted octanol–water partition coefficient (Wildman–Crippen LogP) is 5.86. The van der Waals surface area contributed by atoms with Crippen LogP contribution in [-0.4, -0.2) is 29.9 Å². The van der Waals surface area contributed by atoms with Gasteiger partial charge in [-0.25, -0.2) is 8.78 Å². The van der Waals surface area contributed by atoms with Gasteiger partial charge in [0.2, 0.25) is 0 Å². The Hall–Kier alpha value is -3.35. The number of anilines is 4. The summed E-state index contributed by atoms with van der Waals surface area (Å²) in [6.45, 7) is 7.94. The van der Waals surface area contributed by atoms with Crippen molar-refractivity contribution in [2.45, 2.75) is 26.2 Å². The third-order valence-electron chi connectivity index (χ3n) is 6.56. The van der Waals surface area contributed by atoms with E-state index in [2.05, 4.69) is 51.5 Å². The largest absolute Gasteiger partial charge is 0.341 e. The topological polar surface area (TPSA) is 27.5 Å². The van der Waals surface area contributed by atoms with Gasteiger partial charge in [0.1, 0.15) is 5.82 Å². The molecular formula is C25H27F2N5. The first-order valence-electron chi connectivity index (χ1n) is 10.9. The van der Waals surface area contributed by atoms with Crippen LogP contribution in [0, 0.1) is 0 Å². The van der Waals surface area contributed by atoms with Crippen LogP contribution in [0.1, 0.15) is 30.9 Å². The Labute approximate surface area is 187 Å². The van der Waals surface area contributed by atoms with Gasteiger partial charge in [0.15, 0.2) is 0 Å². The molecule has 1 aromatic heterocycles. The maximum Gasteiger partial charge on any atom is 0.264 e. The molecule has 2 aliphatic rings. The first kappa shape index (κ1) is 20.5. The van der Waals surface area contributed by atoms with Crippen molar-refractivity contribution in [3.05, 3.63) is 66.3 Å². The van der Waals surface area contributed by atoms with E-state index in [9.17, 15) is 8.78 Å². The Kier molecular flexibility index (Phi) is 4.92. The minimum absolute atomic E-state index is 0.0486. The molecule has 0 N–H and O–H groups in total. The highest BCUT2D eigenvalue weighted by molar-refractivity contribution is 5.86. The quantitative estimate of drug-likeness (QED) is 0.513. The van der Waals surface area contributed by atoms with Crippen LogP contribution < -0.4 is 14.7 Å². The summed E-state index contributed by atoms with van der Waals surface area (Å²) in [5.41, 5.74) is 6.52. The normalized spacial score (nSPS) is 15.6. The summed E-state index contributed by atoms with van der Waals surface area (Å²) in [5.74, 6) is 0.944. The van der Waals surface area contributed by atoms with Crippen LogP contribution >= 0.6 is 0 Å². The second-order valence-corrected chi connectivity index (χ2v) is 8.42. The molecule has 0 unspecified atom stereocenters. The summed E-state index contributed by atoms with van der Waals surface area (Å²) in [7, 11) is 3.81. The van der Waals surface area contributed by atoms with Crippen LogP contribution in [0.25, 0.3) is 11.1 Å². The van der Waals surface area contributed by atoms with Gasteiger partial charge in [-0.2, -0.15) is 5.10 Å². The van der Waals surface area contributed by atoms with E-state index in [0.29, 0.717) is 5.56 Å². The fourth-order valence-corrected chi connectivity index (χ4v) is 4.90. The van der Waals surface area contributed by atoms with Crippen molar-refractivity contribution in [3.8, 4) is 11.1 Å². The molecule has 2 aromatic carbocycles. The number of alkyl halides is 2. The predicted molar refractivity (Wildman–Crippen MR) is 126 cm³/mol. The van der Waals surface area contributed by atoms with Gasteiger partial charge >= 0.3 is 0 Å². The summed E-state index contributed by atoms with van der Waals surface area (Å²) < 4.78 is 29.9. The van der Waals surface area contributed by atoms with Gasteiger partial charge in [0.25, 0.3) is 6.43 Å². The first-order valence-corrected chi connectivity index (χ1v) is 10.9. The number of benzene rings is 2. The van der Waals surface area contributed by atoms with Crippen LogP contribution in [-0.2, 0) is 13.5 Å². The highest BCUT2D eigenvalue weighted by Crippen LogP contribution is 2.45. The number of aromatic nitrogens is 2. The molecule has 0 saturated carbocycles. The molecule has 0 bridgehead atoms. The number of halogens is 2. The lowest BCUT2D eigenvalue weighted by Gasteiger charge is -2.33. The average Bonchev–Trinajstić information content (AvgIpc) is 3.33. The lowest BCUT2D eigenvalue weighted by Crippen LogP contribution is -2.25. The van der Waals surface area contributed by atoms with E-state index >= 15 is 0 Å². The standard InChI is InChI=1S/C25H27F2N5/c1-5-31-16(2)30(4)24-12-19(8-9-22(24)31)32-10-6-7-17-11-20(18-14-28-29(3)15-18)21(25(26)27)13-23(17)32/h8-9,11-15,25H,2,5-7,10H2,1,3-4H3. The lowest BCUT2D eigenvalue weighted by molar-refractivity contribution is 0.152. The zero-order valence-electron chi connectivity index (χ0n) is 18.6. The third-order valence-corrected chi connectivity index (χ3v) is 6.56. The van der Waals surface area contributed by atoms with Crippen LogP contribution in [0.15, 0.2) is 55.1 Å². The Morgan fingerprint density at radius 1 is 1.09 bits per heavy atom. The number of nitrogens with zero attached hydrogens (tertiary/aromatic N) is 5. The van der Waals surface area contributed by atoms with Gasteiger partial charge in [0, 0.05) is 55.9 Å². The highest BCUT2D eigenvalue weighted by Gasteiger charge is 2.29. The van der Waals surface area contributed by atoms with Crippen molar-refractivity contribution in [3.63, 3.8) is 0 Å². The van der Waals surface area contributed by atoms with Crippen molar-refractivity contribution in [1.82, 2.24) is 9.78 Å². The molecule has 0 radical (unpaired) electrons. The summed E-state index contributed by atoms with van der Waals surface area (Å²) in [6, 6.07) is 9.94. The molecule has 7 heteroatoms. The summed E-state index contributed by atoms with van der Waals surface area (Å²) in [5, 5.41) is 4.17. The molecule has 5 nitrogen and oxygen atoms in total. The van der Waals surface area contributed by atoms with Crippen molar-refractivity contribution >= 4 is 22.7 Å². The van der Waals surface area contributed by atoms with E-state index in [0.717, 1.165) is 65.6 Å². The number of hydrogen-bond acceptors (Lipinski definition) is 4. The van der Waals surface area contributed by atoms with Crippen LogP contribution in [0.5, 0.6) is 0 Å². The van der Waals surface area contributed by atoms with Crippen LogP contribution in [0.3, 0.4) is 0 Å². The zero-order chi connectivity index (χ0) is 22.6. The summed E-state index contributed by atoms with van der Waals surface area (Å²) >= 11 is 0. The van der Waals surface area contributed by atoms with Gasteiger partial charge in [-0.3, -0.25) is 4.68 Å². The smallest absolute Gasteiger partial charge is 0.264 e. The summed E-state index contributed by atoms with van der Waals surface area (Å²) in [6.07, 6.45) is 2.71. The Morgan fingerprint density at radius 3 is 2.59 bits per heavy atom. The maximum atomic E-state index is 14.1. The number of fused-ring (bicyclic) bond motifs is 2. The molecule has 0 aliphatic carbocycles. The number of aryl methyl sites for hydroxylation is 2. The molecule has 3 heterocycles. The van der Waals surface area contributed by atoms with Crippen LogP contribution in [0.4, 0.5) is 31.5 Å². The van der Waals surface area contributed by atoms with E-state index in [1.807, 2.05) is 13.1 Å². The Morgan fingerprint density at radius 2 is 1.91 bits per heavy atom. The Balaban J connectivity index is 1.60. The van der Waals surface area contributed by atoms with Gasteiger partial charge in [-0.1, -0.05) is 6.58 Å². The SMILES string of the molecule is C=C1N(C)c2cc(N3CCCc4cc(-c5cnn(C)c5)c(C(F)F)cc43)ccc2N1CC. The summed E-state index contributed by atoms with van der Waals surface area (Å²) in [4.78, 5) is 6.44. The minimum Gasteiger partial charge on any atom is -0.341 e. The minimum atomic E-state index is -2.56. The molecule has 0 atom stereocenters. The number of hydrogen-bond donors (Lipinski definition) is 0. The molecular weight excluding hydrogens is 408 g/mol. The van der Waals surface area contributed by atoms with E-state index in [4.69, 9.17) is 0 Å². The third kappa shape index (κ3) is 3.15. The maximum absolute atomic E-state index is 14.1. The monoisotopic (exact) mass is 435 g/mol.